The van der Waals surface area contributed by atoms with Crippen LogP contribution < -0.4 is 4.74 Å². The minimum absolute atomic E-state index is 0.0491. The molecule has 25 heavy (non-hydrogen) atoms. The van der Waals surface area contributed by atoms with Crippen molar-refractivity contribution in [3.05, 3.63) is 48.8 Å². The van der Waals surface area contributed by atoms with E-state index in [1.165, 1.54) is 6.20 Å². The number of aromatic nitrogens is 3. The molecular formula is C18H20N4O3. The van der Waals surface area contributed by atoms with Gasteiger partial charge in [-0.2, -0.15) is 0 Å². The molecule has 2 aliphatic rings. The number of carbonyl (C=O) groups is 1. The lowest BCUT2D eigenvalue weighted by molar-refractivity contribution is -0.0802. The van der Waals surface area contributed by atoms with E-state index < -0.39 is 0 Å². The first-order chi connectivity index (χ1) is 12.3. The third-order valence-electron chi connectivity index (χ3n) is 4.75. The minimum Gasteiger partial charge on any atom is -0.489 e. The summed E-state index contributed by atoms with van der Waals surface area (Å²) in [6.45, 7) is 1.20. The van der Waals surface area contributed by atoms with Gasteiger partial charge >= 0.3 is 0 Å². The van der Waals surface area contributed by atoms with Gasteiger partial charge in [0, 0.05) is 25.1 Å². The monoisotopic (exact) mass is 340 g/mol. The van der Waals surface area contributed by atoms with Gasteiger partial charge in [-0.25, -0.2) is 4.98 Å². The Kier molecular flexibility index (Phi) is 4.56. The van der Waals surface area contributed by atoms with Gasteiger partial charge in [0.05, 0.1) is 30.6 Å². The Bertz CT molecular complexity index is 713. The molecule has 0 unspecified atom stereocenters. The molecule has 2 aromatic heterocycles. The van der Waals surface area contributed by atoms with E-state index in [1.807, 2.05) is 17.0 Å². The molecule has 0 aliphatic carbocycles. The number of nitrogens with zero attached hydrogens (tertiary/aromatic N) is 4. The lowest BCUT2D eigenvalue weighted by atomic mass is 9.99. The molecule has 4 rings (SSSR count). The normalized spacial score (nSPS) is 25.4. The van der Waals surface area contributed by atoms with Crippen molar-refractivity contribution < 1.29 is 14.3 Å². The Hall–Kier alpha value is -2.54. The van der Waals surface area contributed by atoms with Crippen LogP contribution in [0.3, 0.4) is 0 Å². The highest BCUT2D eigenvalue weighted by Crippen LogP contribution is 2.32. The number of hydrogen-bond donors (Lipinski definition) is 0. The Morgan fingerprint density at radius 2 is 2.12 bits per heavy atom. The second-order valence-corrected chi connectivity index (χ2v) is 6.32. The average molecular weight is 340 g/mol. The molecule has 2 fully saturated rings. The average Bonchev–Trinajstić information content (AvgIpc) is 3.10. The maximum atomic E-state index is 12.6. The Morgan fingerprint density at radius 1 is 1.20 bits per heavy atom. The van der Waals surface area contributed by atoms with Gasteiger partial charge in [-0.05, 0) is 31.4 Å². The number of ether oxygens (including phenoxy) is 2. The molecule has 130 valence electrons. The highest BCUT2D eigenvalue weighted by Gasteiger charge is 2.42. The second-order valence-electron chi connectivity index (χ2n) is 6.32. The molecular weight excluding hydrogens is 320 g/mol. The van der Waals surface area contributed by atoms with Crippen LogP contribution in [0.25, 0.3) is 0 Å². The Labute approximate surface area is 146 Å². The summed E-state index contributed by atoms with van der Waals surface area (Å²) in [6, 6.07) is 3.85. The predicted molar refractivity (Wildman–Crippen MR) is 89.1 cm³/mol. The Morgan fingerprint density at radius 3 is 2.92 bits per heavy atom. The van der Waals surface area contributed by atoms with Crippen LogP contribution in [-0.4, -0.2) is 57.2 Å². The van der Waals surface area contributed by atoms with E-state index in [2.05, 4.69) is 15.0 Å². The quantitative estimate of drug-likeness (QED) is 0.843. The van der Waals surface area contributed by atoms with Crippen molar-refractivity contribution in [3.8, 4) is 5.75 Å². The van der Waals surface area contributed by atoms with Crippen molar-refractivity contribution in [3.63, 3.8) is 0 Å². The molecule has 2 aromatic rings. The minimum atomic E-state index is -0.0609. The fourth-order valence-corrected chi connectivity index (χ4v) is 3.55. The first-order valence-corrected chi connectivity index (χ1v) is 8.56. The molecule has 0 saturated carbocycles. The molecule has 4 heterocycles. The van der Waals surface area contributed by atoms with Crippen LogP contribution in [0.15, 0.2) is 43.1 Å². The van der Waals surface area contributed by atoms with Gasteiger partial charge in [-0.1, -0.05) is 0 Å². The maximum Gasteiger partial charge on any atom is 0.274 e. The van der Waals surface area contributed by atoms with E-state index in [9.17, 15) is 4.79 Å². The van der Waals surface area contributed by atoms with E-state index in [4.69, 9.17) is 9.47 Å². The molecule has 7 nitrogen and oxygen atoms in total. The van der Waals surface area contributed by atoms with Gasteiger partial charge in [-0.15, -0.1) is 0 Å². The van der Waals surface area contributed by atoms with Crippen LogP contribution in [0, 0.1) is 0 Å². The van der Waals surface area contributed by atoms with Crippen molar-refractivity contribution in [1.82, 2.24) is 19.9 Å². The number of fused-ring (bicyclic) bond motifs is 1. The Balaban J connectivity index is 1.34. The van der Waals surface area contributed by atoms with Gasteiger partial charge < -0.3 is 14.4 Å². The molecule has 0 bridgehead atoms. The highest BCUT2D eigenvalue weighted by molar-refractivity contribution is 5.92. The van der Waals surface area contributed by atoms with E-state index in [0.29, 0.717) is 18.8 Å². The topological polar surface area (TPSA) is 77.4 Å². The molecule has 7 heteroatoms. The van der Waals surface area contributed by atoms with Crippen molar-refractivity contribution in [2.45, 2.75) is 37.5 Å². The summed E-state index contributed by atoms with van der Waals surface area (Å²) in [5.41, 5.74) is 0.394. The van der Waals surface area contributed by atoms with Gasteiger partial charge in [-0.3, -0.25) is 14.8 Å². The summed E-state index contributed by atoms with van der Waals surface area (Å²) in [5.74, 6) is 0.688. The fourth-order valence-electron chi connectivity index (χ4n) is 3.55. The number of amides is 1. The van der Waals surface area contributed by atoms with E-state index >= 15 is 0 Å². The van der Waals surface area contributed by atoms with Gasteiger partial charge in [0.15, 0.2) is 0 Å². The van der Waals surface area contributed by atoms with Crippen LogP contribution in [0.2, 0.25) is 0 Å². The molecule has 2 saturated heterocycles. The zero-order valence-electron chi connectivity index (χ0n) is 13.8. The third kappa shape index (κ3) is 3.46. The van der Waals surface area contributed by atoms with Crippen LogP contribution in [0.1, 0.15) is 29.8 Å². The highest BCUT2D eigenvalue weighted by atomic mass is 16.5. The van der Waals surface area contributed by atoms with Crippen LogP contribution >= 0.6 is 0 Å². The molecule has 1 amide bonds. The number of hydrogen-bond acceptors (Lipinski definition) is 6. The first-order valence-electron chi connectivity index (χ1n) is 8.56. The lowest BCUT2D eigenvalue weighted by Crippen LogP contribution is -2.46. The molecule has 0 N–H and O–H groups in total. The largest absolute Gasteiger partial charge is 0.489 e. The number of carbonyl (C=O) groups excluding carboxylic acids is 1. The van der Waals surface area contributed by atoms with Crippen LogP contribution in [0.4, 0.5) is 0 Å². The maximum absolute atomic E-state index is 12.6. The summed E-state index contributed by atoms with van der Waals surface area (Å²) >= 11 is 0. The van der Waals surface area contributed by atoms with Crippen molar-refractivity contribution in [2.24, 2.45) is 0 Å². The summed E-state index contributed by atoms with van der Waals surface area (Å²) in [4.78, 5) is 26.7. The second kappa shape index (κ2) is 7.14. The van der Waals surface area contributed by atoms with E-state index in [1.54, 1.807) is 24.8 Å². The molecule has 0 radical (unpaired) electrons. The van der Waals surface area contributed by atoms with Crippen molar-refractivity contribution in [2.75, 3.05) is 13.2 Å². The van der Waals surface area contributed by atoms with Crippen molar-refractivity contribution >= 4 is 5.91 Å². The lowest BCUT2D eigenvalue weighted by Gasteiger charge is -2.35. The van der Waals surface area contributed by atoms with Gasteiger partial charge in [0.2, 0.25) is 0 Å². The molecule has 2 aliphatic heterocycles. The number of rotatable bonds is 4. The number of pyridine rings is 1. The summed E-state index contributed by atoms with van der Waals surface area (Å²) in [7, 11) is 0. The van der Waals surface area contributed by atoms with Gasteiger partial charge in [0.1, 0.15) is 18.1 Å². The zero-order valence-corrected chi connectivity index (χ0v) is 13.8. The first kappa shape index (κ1) is 16.0. The fraction of sp³-hybridized carbons (Fsp3) is 0.444. The summed E-state index contributed by atoms with van der Waals surface area (Å²) in [5, 5.41) is 0. The van der Waals surface area contributed by atoms with Crippen LogP contribution in [0.5, 0.6) is 5.75 Å². The predicted octanol–water partition coefficient (Wildman–Crippen LogP) is 1.71. The van der Waals surface area contributed by atoms with Gasteiger partial charge in [0.25, 0.3) is 5.91 Å². The summed E-state index contributed by atoms with van der Waals surface area (Å²) in [6.07, 6.45) is 10.8. The number of likely N-dealkylation sites (tertiary alicyclic amines) is 1. The van der Waals surface area contributed by atoms with Crippen LogP contribution in [-0.2, 0) is 4.74 Å². The summed E-state index contributed by atoms with van der Waals surface area (Å²) < 4.78 is 11.9. The third-order valence-corrected chi connectivity index (χ3v) is 4.75. The van der Waals surface area contributed by atoms with E-state index in [0.717, 1.165) is 25.0 Å². The SMILES string of the molecule is O=C(c1cnccn1)N1CC[C@@H]2O[C@H](COc3cccnc3)CC[C@@H]21. The van der Waals surface area contributed by atoms with Crippen molar-refractivity contribution in [1.29, 1.82) is 0 Å². The zero-order chi connectivity index (χ0) is 17.1. The smallest absolute Gasteiger partial charge is 0.274 e. The van der Waals surface area contributed by atoms with E-state index in [-0.39, 0.29) is 24.2 Å². The molecule has 3 atom stereocenters. The standard InChI is InChI=1S/C18H20N4O3/c23-18(15-11-20-7-8-21-15)22-9-5-17-16(22)4-3-14(25-17)12-24-13-2-1-6-19-10-13/h1-2,6-8,10-11,14,16-17H,3-5,9,12H2/t14-,16-,17-/m0/s1. The molecule has 0 aromatic carbocycles. The molecule has 0 spiro atoms.